The first-order valence-electron chi connectivity index (χ1n) is 7.71. The summed E-state index contributed by atoms with van der Waals surface area (Å²) in [5, 5.41) is 5.22. The Morgan fingerprint density at radius 3 is 2.70 bits per heavy atom. The van der Waals surface area contributed by atoms with Gasteiger partial charge in [0.25, 0.3) is 5.56 Å². The van der Waals surface area contributed by atoms with E-state index in [4.69, 9.17) is 4.74 Å². The van der Waals surface area contributed by atoms with Gasteiger partial charge in [-0.05, 0) is 6.92 Å². The maximum atomic E-state index is 12.6. The summed E-state index contributed by atoms with van der Waals surface area (Å²) >= 11 is 1.50. The third-order valence-corrected chi connectivity index (χ3v) is 5.29. The molecule has 3 heterocycles. The predicted octanol–water partition coefficient (Wildman–Crippen LogP) is 1.14. The highest BCUT2D eigenvalue weighted by Crippen LogP contribution is 2.26. The molecule has 1 amide bonds. The predicted molar refractivity (Wildman–Crippen MR) is 87.9 cm³/mol. The fraction of sp³-hybridized carbons (Fsp3) is 0.600. The van der Waals surface area contributed by atoms with Crippen molar-refractivity contribution in [2.24, 2.45) is 0 Å². The minimum atomic E-state index is -0.296. The molecule has 0 aliphatic carbocycles. The lowest BCUT2D eigenvalue weighted by Crippen LogP contribution is -2.43. The van der Waals surface area contributed by atoms with Crippen LogP contribution in [-0.4, -0.2) is 51.9 Å². The molecule has 7 nitrogen and oxygen atoms in total. The van der Waals surface area contributed by atoms with Crippen molar-refractivity contribution in [2.45, 2.75) is 33.2 Å². The van der Waals surface area contributed by atoms with Gasteiger partial charge in [-0.2, -0.15) is 5.10 Å². The van der Waals surface area contributed by atoms with E-state index in [-0.39, 0.29) is 23.9 Å². The molecule has 1 fully saturated rings. The van der Waals surface area contributed by atoms with Crippen molar-refractivity contribution in [3.63, 3.8) is 0 Å². The monoisotopic (exact) mass is 336 g/mol. The lowest BCUT2D eigenvalue weighted by molar-refractivity contribution is -0.136. The molecule has 1 saturated heterocycles. The first-order valence-corrected chi connectivity index (χ1v) is 8.52. The zero-order chi connectivity index (χ0) is 16.6. The average molecular weight is 336 g/mol. The number of aryl methyl sites for hydroxylation is 1. The Hall–Kier alpha value is -1.80. The molecule has 0 aromatic carbocycles. The van der Waals surface area contributed by atoms with Gasteiger partial charge in [0.2, 0.25) is 5.91 Å². The summed E-state index contributed by atoms with van der Waals surface area (Å²) in [4.78, 5) is 31.1. The summed E-state index contributed by atoms with van der Waals surface area (Å²) in [7, 11) is 0. The van der Waals surface area contributed by atoms with E-state index in [0.29, 0.717) is 31.8 Å². The first kappa shape index (κ1) is 16.1. The average Bonchev–Trinajstić information content (AvgIpc) is 2.99. The lowest BCUT2D eigenvalue weighted by Gasteiger charge is -2.26. The van der Waals surface area contributed by atoms with Crippen molar-refractivity contribution >= 4 is 27.5 Å². The Morgan fingerprint density at radius 2 is 2.04 bits per heavy atom. The van der Waals surface area contributed by atoms with Crippen LogP contribution in [0.25, 0.3) is 10.2 Å². The van der Waals surface area contributed by atoms with Gasteiger partial charge in [-0.25, -0.2) is 9.67 Å². The number of nitrogens with zero attached hydrogens (tertiary/aromatic N) is 4. The molecule has 8 heteroatoms. The van der Waals surface area contributed by atoms with Crippen molar-refractivity contribution in [1.82, 2.24) is 19.7 Å². The highest BCUT2D eigenvalue weighted by Gasteiger charge is 2.20. The fourth-order valence-corrected chi connectivity index (χ4v) is 3.52. The van der Waals surface area contributed by atoms with Crippen molar-refractivity contribution in [1.29, 1.82) is 0 Å². The molecule has 0 bridgehead atoms. The van der Waals surface area contributed by atoms with Gasteiger partial charge in [-0.1, -0.05) is 13.8 Å². The van der Waals surface area contributed by atoms with Gasteiger partial charge < -0.3 is 9.64 Å². The Bertz CT molecular complexity index is 790. The largest absolute Gasteiger partial charge is 0.378 e. The number of ether oxygens (including phenoxy) is 1. The van der Waals surface area contributed by atoms with E-state index < -0.39 is 0 Å². The van der Waals surface area contributed by atoms with Crippen molar-refractivity contribution in [2.75, 3.05) is 26.3 Å². The number of hydrogen-bond donors (Lipinski definition) is 0. The number of amides is 1. The van der Waals surface area contributed by atoms with Crippen LogP contribution in [0.4, 0.5) is 0 Å². The summed E-state index contributed by atoms with van der Waals surface area (Å²) in [5.41, 5.74) is 0.857. The number of carbonyl (C=O) groups is 1. The summed E-state index contributed by atoms with van der Waals surface area (Å²) in [5.74, 6) is 0.149. The topological polar surface area (TPSA) is 77.3 Å². The van der Waals surface area contributed by atoms with Crippen LogP contribution in [0.15, 0.2) is 4.79 Å². The van der Waals surface area contributed by atoms with Crippen LogP contribution < -0.4 is 5.56 Å². The highest BCUT2D eigenvalue weighted by atomic mass is 32.1. The summed E-state index contributed by atoms with van der Waals surface area (Å²) in [6.07, 6.45) is 0. The van der Waals surface area contributed by atoms with Crippen molar-refractivity contribution in [3.8, 4) is 0 Å². The maximum Gasteiger partial charge on any atom is 0.294 e. The molecule has 2 aromatic heterocycles. The van der Waals surface area contributed by atoms with E-state index in [1.165, 1.54) is 16.0 Å². The number of fused-ring (bicyclic) bond motifs is 1. The van der Waals surface area contributed by atoms with Gasteiger partial charge in [-0.3, -0.25) is 9.59 Å². The molecule has 0 spiro atoms. The van der Waals surface area contributed by atoms with Crippen LogP contribution in [0.1, 0.15) is 30.5 Å². The van der Waals surface area contributed by atoms with Crippen LogP contribution in [0.3, 0.4) is 0 Å². The second-order valence-corrected chi connectivity index (χ2v) is 6.96. The third kappa shape index (κ3) is 3.13. The Labute approximate surface area is 137 Å². The number of hydrogen-bond acceptors (Lipinski definition) is 6. The minimum Gasteiger partial charge on any atom is -0.378 e. The second kappa shape index (κ2) is 6.37. The van der Waals surface area contributed by atoms with Gasteiger partial charge in [-0.15, -0.1) is 11.3 Å². The summed E-state index contributed by atoms with van der Waals surface area (Å²) in [6, 6.07) is 0. The molecule has 0 radical (unpaired) electrons. The standard InChI is InChI=1S/C15H20N4O3S/c1-9(2)14-16-12-13(23-14)10(3)17-19(15(12)21)8-11(20)18-4-6-22-7-5-18/h9H,4-8H2,1-3H3. The second-order valence-electron chi connectivity index (χ2n) is 5.93. The number of thiazole rings is 1. The molecule has 1 aliphatic rings. The molecule has 0 atom stereocenters. The summed E-state index contributed by atoms with van der Waals surface area (Å²) < 4.78 is 7.29. The first-order chi connectivity index (χ1) is 11.0. The van der Waals surface area contributed by atoms with Gasteiger partial charge in [0.05, 0.1) is 28.6 Å². The molecular weight excluding hydrogens is 316 g/mol. The van der Waals surface area contributed by atoms with E-state index in [1.54, 1.807) is 4.90 Å². The summed E-state index contributed by atoms with van der Waals surface area (Å²) in [6.45, 7) is 8.07. The fourth-order valence-electron chi connectivity index (χ4n) is 2.52. The molecule has 3 rings (SSSR count). The molecule has 0 saturated carbocycles. The number of carbonyl (C=O) groups excluding carboxylic acids is 1. The van der Waals surface area contributed by atoms with E-state index in [0.717, 1.165) is 15.4 Å². The van der Waals surface area contributed by atoms with Gasteiger partial charge in [0, 0.05) is 19.0 Å². The van der Waals surface area contributed by atoms with Crippen LogP contribution >= 0.6 is 11.3 Å². The molecule has 1 aliphatic heterocycles. The van der Waals surface area contributed by atoms with E-state index in [9.17, 15) is 9.59 Å². The van der Waals surface area contributed by atoms with Crippen molar-refractivity contribution < 1.29 is 9.53 Å². The number of rotatable bonds is 3. The minimum absolute atomic E-state index is 0.0514. The molecule has 2 aromatic rings. The smallest absolute Gasteiger partial charge is 0.294 e. The van der Waals surface area contributed by atoms with Gasteiger partial charge in [0.1, 0.15) is 6.54 Å². The lowest BCUT2D eigenvalue weighted by atomic mass is 10.2. The van der Waals surface area contributed by atoms with Crippen LogP contribution in [-0.2, 0) is 16.1 Å². The molecular formula is C15H20N4O3S. The SMILES string of the molecule is Cc1nn(CC(=O)N2CCOCC2)c(=O)c2nc(C(C)C)sc12. The zero-order valence-corrected chi connectivity index (χ0v) is 14.4. The van der Waals surface area contributed by atoms with Gasteiger partial charge >= 0.3 is 0 Å². The van der Waals surface area contributed by atoms with E-state index >= 15 is 0 Å². The van der Waals surface area contributed by atoms with Crippen LogP contribution in [0.2, 0.25) is 0 Å². The zero-order valence-electron chi connectivity index (χ0n) is 13.5. The van der Waals surface area contributed by atoms with Gasteiger partial charge in [0.15, 0.2) is 5.52 Å². The number of aromatic nitrogens is 3. The van der Waals surface area contributed by atoms with Crippen LogP contribution in [0, 0.1) is 6.92 Å². The maximum absolute atomic E-state index is 12.6. The molecule has 23 heavy (non-hydrogen) atoms. The van der Waals surface area contributed by atoms with Crippen LogP contribution in [0.5, 0.6) is 0 Å². The molecule has 0 N–H and O–H groups in total. The highest BCUT2D eigenvalue weighted by molar-refractivity contribution is 7.18. The Kier molecular flexibility index (Phi) is 4.45. The molecule has 124 valence electrons. The van der Waals surface area contributed by atoms with E-state index in [2.05, 4.69) is 10.1 Å². The van der Waals surface area contributed by atoms with E-state index in [1.807, 2.05) is 20.8 Å². The number of morpholine rings is 1. The van der Waals surface area contributed by atoms with Crippen molar-refractivity contribution in [3.05, 3.63) is 21.1 Å². The molecule has 0 unspecified atom stereocenters. The Balaban J connectivity index is 1.93. The Morgan fingerprint density at radius 1 is 1.35 bits per heavy atom. The third-order valence-electron chi connectivity index (χ3n) is 3.82. The quantitative estimate of drug-likeness (QED) is 0.840. The normalized spacial score (nSPS) is 15.6.